The molecule has 4 rings (SSSR count). The first-order valence-corrected chi connectivity index (χ1v) is 10.5. The third kappa shape index (κ3) is 4.43. The minimum atomic E-state index is -0.960. The van der Waals surface area contributed by atoms with Gasteiger partial charge in [-0.15, -0.1) is 0 Å². The summed E-state index contributed by atoms with van der Waals surface area (Å²) >= 11 is 0. The molecular formula is C25H25FN2O4. The summed E-state index contributed by atoms with van der Waals surface area (Å²) in [6.45, 7) is 6.24. The first-order valence-electron chi connectivity index (χ1n) is 10.5. The number of hydrogen-bond acceptors (Lipinski definition) is 4. The number of carboxylic acids is 1. The summed E-state index contributed by atoms with van der Waals surface area (Å²) in [6.07, 6.45) is 1.43. The molecule has 0 spiro atoms. The van der Waals surface area contributed by atoms with Crippen molar-refractivity contribution in [2.24, 2.45) is 0 Å². The quantitative estimate of drug-likeness (QED) is 0.414. The Labute approximate surface area is 185 Å². The number of carboxylic acid groups (broad SMARTS) is 1. The zero-order valence-electron chi connectivity index (χ0n) is 18.3. The molecule has 0 aliphatic heterocycles. The van der Waals surface area contributed by atoms with Gasteiger partial charge in [0.1, 0.15) is 17.3 Å². The smallest absolute Gasteiger partial charge is 0.333 e. The second kappa shape index (κ2) is 8.96. The lowest BCUT2D eigenvalue weighted by molar-refractivity contribution is -0.149. The van der Waals surface area contributed by atoms with E-state index in [0.717, 1.165) is 27.7 Å². The van der Waals surface area contributed by atoms with Gasteiger partial charge in [-0.25, -0.2) is 14.2 Å². The minimum Gasteiger partial charge on any atom is -0.479 e. The molecule has 2 heterocycles. The monoisotopic (exact) mass is 436 g/mol. The Morgan fingerprint density at radius 2 is 2.03 bits per heavy atom. The van der Waals surface area contributed by atoms with Gasteiger partial charge in [0.2, 0.25) is 5.89 Å². The van der Waals surface area contributed by atoms with Crippen LogP contribution in [0.25, 0.3) is 22.4 Å². The predicted octanol–water partition coefficient (Wildman–Crippen LogP) is 5.13. The SMILES string of the molecule is CCO[C@@H](Cc1ccc2c(ccn2Cc2nc(-c3ccc(F)c(C)c3)oc2C)c1)C(=O)O. The minimum absolute atomic E-state index is 0.258. The summed E-state index contributed by atoms with van der Waals surface area (Å²) in [4.78, 5) is 16.0. The molecule has 0 radical (unpaired) electrons. The molecule has 1 N–H and O–H groups in total. The molecule has 0 fully saturated rings. The topological polar surface area (TPSA) is 77.5 Å². The van der Waals surface area contributed by atoms with Gasteiger partial charge < -0.3 is 18.8 Å². The van der Waals surface area contributed by atoms with Gasteiger partial charge in [-0.3, -0.25) is 0 Å². The van der Waals surface area contributed by atoms with Crippen LogP contribution < -0.4 is 0 Å². The Morgan fingerprint density at radius 1 is 1.22 bits per heavy atom. The van der Waals surface area contributed by atoms with Gasteiger partial charge in [0.15, 0.2) is 6.10 Å². The van der Waals surface area contributed by atoms with E-state index in [-0.39, 0.29) is 5.82 Å². The highest BCUT2D eigenvalue weighted by molar-refractivity contribution is 5.81. The van der Waals surface area contributed by atoms with Gasteiger partial charge in [-0.05, 0) is 73.7 Å². The average Bonchev–Trinajstić information content (AvgIpc) is 3.33. The third-order valence-electron chi connectivity index (χ3n) is 5.52. The summed E-state index contributed by atoms with van der Waals surface area (Å²) in [5, 5.41) is 10.3. The van der Waals surface area contributed by atoms with Gasteiger partial charge in [0, 0.05) is 30.3 Å². The van der Waals surface area contributed by atoms with Gasteiger partial charge in [0.25, 0.3) is 0 Å². The van der Waals surface area contributed by atoms with Crippen molar-refractivity contribution in [1.29, 1.82) is 0 Å². The first kappa shape index (κ1) is 21.8. The fourth-order valence-corrected chi connectivity index (χ4v) is 3.78. The van der Waals surface area contributed by atoms with Crippen LogP contribution in [0.5, 0.6) is 0 Å². The molecule has 0 aliphatic carbocycles. The highest BCUT2D eigenvalue weighted by atomic mass is 19.1. The molecule has 166 valence electrons. The molecule has 0 unspecified atom stereocenters. The zero-order valence-corrected chi connectivity index (χ0v) is 18.3. The molecule has 0 amide bonds. The van der Waals surface area contributed by atoms with Gasteiger partial charge in [-0.2, -0.15) is 0 Å². The zero-order chi connectivity index (χ0) is 22.8. The van der Waals surface area contributed by atoms with E-state index in [1.54, 1.807) is 26.0 Å². The van der Waals surface area contributed by atoms with Crippen LogP contribution in [0, 0.1) is 19.7 Å². The fraction of sp³-hybridized carbons (Fsp3) is 0.280. The number of aliphatic carboxylic acids is 1. The van der Waals surface area contributed by atoms with Crippen molar-refractivity contribution in [3.63, 3.8) is 0 Å². The van der Waals surface area contributed by atoms with E-state index < -0.39 is 12.1 Å². The molecular weight excluding hydrogens is 411 g/mol. The molecule has 4 aromatic rings. The first-order chi connectivity index (χ1) is 15.4. The molecule has 0 saturated heterocycles. The lowest BCUT2D eigenvalue weighted by Crippen LogP contribution is -2.26. The largest absolute Gasteiger partial charge is 0.479 e. The second-order valence-electron chi connectivity index (χ2n) is 7.81. The number of benzene rings is 2. The molecule has 0 bridgehead atoms. The van der Waals surface area contributed by atoms with Crippen LogP contribution in [0.15, 0.2) is 53.1 Å². The van der Waals surface area contributed by atoms with Crippen molar-refractivity contribution < 1.29 is 23.4 Å². The maximum Gasteiger partial charge on any atom is 0.333 e. The lowest BCUT2D eigenvalue weighted by Gasteiger charge is -2.12. The summed E-state index contributed by atoms with van der Waals surface area (Å²) in [5.74, 6) is -0.0408. The standard InChI is InChI=1S/C25H25FN2O4/c1-4-31-23(25(29)30)13-17-5-8-22-18(12-17)9-10-28(22)14-21-16(3)32-24(27-21)19-6-7-20(26)15(2)11-19/h5-12,23H,4,13-14H2,1-3H3,(H,29,30)/t23-/m0/s1. The van der Waals surface area contributed by atoms with Crippen molar-refractivity contribution in [2.45, 2.75) is 39.8 Å². The Kier molecular flexibility index (Phi) is 6.10. The highest BCUT2D eigenvalue weighted by Crippen LogP contribution is 2.26. The number of ether oxygens (including phenoxy) is 1. The molecule has 6 nitrogen and oxygen atoms in total. The highest BCUT2D eigenvalue weighted by Gasteiger charge is 2.19. The van der Waals surface area contributed by atoms with Crippen molar-refractivity contribution in [3.05, 3.63) is 77.1 Å². The number of halogens is 1. The van der Waals surface area contributed by atoms with Gasteiger partial charge in [0.05, 0.1) is 6.54 Å². The number of nitrogens with zero attached hydrogens (tertiary/aromatic N) is 2. The number of fused-ring (bicyclic) bond motifs is 1. The van der Waals surface area contributed by atoms with Crippen LogP contribution in [-0.4, -0.2) is 33.3 Å². The predicted molar refractivity (Wildman–Crippen MR) is 119 cm³/mol. The maximum absolute atomic E-state index is 13.6. The Morgan fingerprint density at radius 3 is 2.75 bits per heavy atom. The summed E-state index contributed by atoms with van der Waals surface area (Å²) < 4.78 is 26.8. The van der Waals surface area contributed by atoms with E-state index in [4.69, 9.17) is 9.15 Å². The van der Waals surface area contributed by atoms with E-state index in [2.05, 4.69) is 9.55 Å². The normalized spacial score (nSPS) is 12.4. The van der Waals surface area contributed by atoms with Crippen LogP contribution in [0.2, 0.25) is 0 Å². The lowest BCUT2D eigenvalue weighted by atomic mass is 10.1. The summed E-state index contributed by atoms with van der Waals surface area (Å²) in [5.41, 5.74) is 4.00. The van der Waals surface area contributed by atoms with Crippen molar-refractivity contribution >= 4 is 16.9 Å². The van der Waals surface area contributed by atoms with Gasteiger partial charge in [-0.1, -0.05) is 6.07 Å². The van der Waals surface area contributed by atoms with E-state index in [1.807, 2.05) is 37.4 Å². The number of rotatable bonds is 8. The van der Waals surface area contributed by atoms with E-state index >= 15 is 0 Å². The molecule has 2 aromatic heterocycles. The van der Waals surface area contributed by atoms with Crippen LogP contribution >= 0.6 is 0 Å². The van der Waals surface area contributed by atoms with Crippen molar-refractivity contribution in [2.75, 3.05) is 6.61 Å². The Bertz CT molecular complexity index is 1270. The Hall–Kier alpha value is -3.45. The second-order valence-corrected chi connectivity index (χ2v) is 7.81. The number of aryl methyl sites for hydroxylation is 2. The van der Waals surface area contributed by atoms with E-state index in [1.165, 1.54) is 6.07 Å². The summed E-state index contributed by atoms with van der Waals surface area (Å²) in [6, 6.07) is 12.7. The van der Waals surface area contributed by atoms with Crippen LogP contribution in [-0.2, 0) is 22.5 Å². The molecule has 2 aromatic carbocycles. The molecule has 32 heavy (non-hydrogen) atoms. The van der Waals surface area contributed by atoms with E-state index in [9.17, 15) is 14.3 Å². The number of oxazole rings is 1. The number of aromatic nitrogens is 2. The number of hydrogen-bond donors (Lipinski definition) is 1. The Balaban J connectivity index is 1.57. The molecule has 0 saturated carbocycles. The fourth-order valence-electron chi connectivity index (χ4n) is 3.78. The molecule has 7 heteroatoms. The third-order valence-corrected chi connectivity index (χ3v) is 5.52. The maximum atomic E-state index is 13.6. The summed E-state index contributed by atoms with van der Waals surface area (Å²) in [7, 11) is 0. The van der Waals surface area contributed by atoms with Crippen LogP contribution in [0.4, 0.5) is 4.39 Å². The molecule has 1 atom stereocenters. The van der Waals surface area contributed by atoms with E-state index in [0.29, 0.717) is 36.8 Å². The van der Waals surface area contributed by atoms with Gasteiger partial charge >= 0.3 is 5.97 Å². The van der Waals surface area contributed by atoms with Crippen molar-refractivity contribution in [3.8, 4) is 11.5 Å². The van der Waals surface area contributed by atoms with Crippen LogP contribution in [0.1, 0.15) is 29.5 Å². The van der Waals surface area contributed by atoms with Crippen LogP contribution in [0.3, 0.4) is 0 Å². The average molecular weight is 436 g/mol. The molecule has 0 aliphatic rings. The van der Waals surface area contributed by atoms with Crippen molar-refractivity contribution in [1.82, 2.24) is 9.55 Å². The number of carbonyl (C=O) groups is 1.